The van der Waals surface area contributed by atoms with Gasteiger partial charge in [-0.05, 0) is 36.8 Å². The van der Waals surface area contributed by atoms with Gasteiger partial charge in [0.1, 0.15) is 11.8 Å². The minimum Gasteiger partial charge on any atom is -0.493 e. The fourth-order valence-electron chi connectivity index (χ4n) is 2.54. The molecule has 154 valence electrons. The number of rotatable bonds is 8. The molecule has 0 heterocycles. The number of nitrogens with one attached hydrogen (secondary N) is 3. The van der Waals surface area contributed by atoms with Crippen molar-refractivity contribution in [3.8, 4) is 5.75 Å². The zero-order valence-corrected chi connectivity index (χ0v) is 15.9. The average molecular weight is 405 g/mol. The summed E-state index contributed by atoms with van der Waals surface area (Å²) in [6.07, 6.45) is 0. The number of hydrogen-bond acceptors (Lipinski definition) is 4. The Bertz CT molecular complexity index is 905. The van der Waals surface area contributed by atoms with Crippen LogP contribution in [0.3, 0.4) is 0 Å². The summed E-state index contributed by atoms with van der Waals surface area (Å²) in [6, 6.07) is 8.17. The van der Waals surface area contributed by atoms with Crippen LogP contribution in [0.1, 0.15) is 28.9 Å². The summed E-state index contributed by atoms with van der Waals surface area (Å²) in [4.78, 5) is 36.6. The van der Waals surface area contributed by atoms with E-state index in [0.717, 1.165) is 12.1 Å². The van der Waals surface area contributed by atoms with Gasteiger partial charge < -0.3 is 20.7 Å². The lowest BCUT2D eigenvalue weighted by molar-refractivity contribution is -0.128. The summed E-state index contributed by atoms with van der Waals surface area (Å²) in [5.74, 6) is -3.70. The zero-order chi connectivity index (χ0) is 21.4. The molecule has 2 aromatic rings. The van der Waals surface area contributed by atoms with Crippen molar-refractivity contribution >= 4 is 17.7 Å². The van der Waals surface area contributed by atoms with Crippen LogP contribution in [0.5, 0.6) is 5.75 Å². The maximum atomic E-state index is 13.5. The van der Waals surface area contributed by atoms with E-state index >= 15 is 0 Å². The molecule has 0 aromatic heterocycles. The molecule has 29 heavy (non-hydrogen) atoms. The fourth-order valence-corrected chi connectivity index (χ4v) is 2.54. The summed E-state index contributed by atoms with van der Waals surface area (Å²) in [7, 11) is 1.34. The van der Waals surface area contributed by atoms with Gasteiger partial charge in [-0.15, -0.1) is 0 Å². The Hall–Kier alpha value is -3.49. The minimum atomic E-state index is -1.25. The highest BCUT2D eigenvalue weighted by molar-refractivity contribution is 5.99. The van der Waals surface area contributed by atoms with Crippen LogP contribution in [-0.4, -0.2) is 37.9 Å². The van der Waals surface area contributed by atoms with Crippen LogP contribution >= 0.6 is 0 Å². The van der Waals surface area contributed by atoms with E-state index in [1.54, 1.807) is 31.2 Å². The number of benzene rings is 2. The van der Waals surface area contributed by atoms with Gasteiger partial charge in [0.05, 0.1) is 18.7 Å². The van der Waals surface area contributed by atoms with E-state index in [1.165, 1.54) is 13.1 Å². The molecule has 0 aliphatic rings. The normalized spacial score (nSPS) is 11.3. The third-order valence-corrected chi connectivity index (χ3v) is 3.93. The molecule has 0 aliphatic carbocycles. The molecule has 3 N–H and O–H groups in total. The number of amides is 3. The lowest BCUT2D eigenvalue weighted by atomic mass is 10.1. The van der Waals surface area contributed by atoms with E-state index in [9.17, 15) is 23.2 Å². The molecule has 1 atom stereocenters. The van der Waals surface area contributed by atoms with Gasteiger partial charge in [0.25, 0.3) is 5.91 Å². The zero-order valence-electron chi connectivity index (χ0n) is 15.9. The van der Waals surface area contributed by atoms with E-state index in [4.69, 9.17) is 4.74 Å². The Morgan fingerprint density at radius 2 is 1.79 bits per heavy atom. The molecule has 9 heteroatoms. The maximum absolute atomic E-state index is 13.5. The molecule has 0 saturated heterocycles. The molecule has 2 aromatic carbocycles. The van der Waals surface area contributed by atoms with Crippen LogP contribution in [0, 0.1) is 11.6 Å². The first kappa shape index (κ1) is 21.8. The van der Waals surface area contributed by atoms with Gasteiger partial charge in [0, 0.05) is 7.05 Å². The summed E-state index contributed by atoms with van der Waals surface area (Å²) < 4.78 is 32.0. The highest BCUT2D eigenvalue weighted by atomic mass is 19.2. The first-order valence-electron chi connectivity index (χ1n) is 8.83. The minimum absolute atomic E-state index is 0.0598. The van der Waals surface area contributed by atoms with Crippen LogP contribution in [0.25, 0.3) is 0 Å². The molecule has 0 aliphatic heterocycles. The quantitative estimate of drug-likeness (QED) is 0.623. The van der Waals surface area contributed by atoms with Crippen molar-refractivity contribution in [2.45, 2.75) is 13.0 Å². The van der Waals surface area contributed by atoms with Crippen molar-refractivity contribution in [2.75, 3.05) is 20.2 Å². The standard InChI is InChI=1S/C20H21F2N3O4/c1-3-29-16-7-5-4-6-13(16)19(27)24-11-17(26)25-18(20(28)23-2)12-8-9-14(21)15(22)10-12/h4-10,18H,3,11H2,1-2H3,(H,23,28)(H,24,27)(H,25,26). The molecule has 0 spiro atoms. The molecule has 3 amide bonds. The molecule has 0 bridgehead atoms. The van der Waals surface area contributed by atoms with Crippen molar-refractivity contribution in [2.24, 2.45) is 0 Å². The largest absolute Gasteiger partial charge is 0.493 e. The second kappa shape index (κ2) is 10.2. The van der Waals surface area contributed by atoms with Crippen molar-refractivity contribution in [3.05, 3.63) is 65.2 Å². The predicted molar refractivity (Wildman–Crippen MR) is 101 cm³/mol. The molecule has 2 rings (SSSR count). The van der Waals surface area contributed by atoms with Crippen molar-refractivity contribution < 1.29 is 27.9 Å². The lowest BCUT2D eigenvalue weighted by Crippen LogP contribution is -2.43. The predicted octanol–water partition coefficient (Wildman–Crippen LogP) is 1.70. The fraction of sp³-hybridized carbons (Fsp3) is 0.250. The molecular formula is C20H21F2N3O4. The molecule has 0 fully saturated rings. The van der Waals surface area contributed by atoms with Crippen molar-refractivity contribution in [1.82, 2.24) is 16.0 Å². The van der Waals surface area contributed by atoms with Crippen LogP contribution in [0.4, 0.5) is 8.78 Å². The number of likely N-dealkylation sites (N-methyl/N-ethyl adjacent to an activating group) is 1. The molecule has 0 saturated carbocycles. The third-order valence-electron chi connectivity index (χ3n) is 3.93. The van der Waals surface area contributed by atoms with E-state index in [-0.39, 0.29) is 11.1 Å². The van der Waals surface area contributed by atoms with Gasteiger partial charge in [-0.1, -0.05) is 18.2 Å². The number of hydrogen-bond donors (Lipinski definition) is 3. The van der Waals surface area contributed by atoms with Crippen LogP contribution in [0.2, 0.25) is 0 Å². The first-order chi connectivity index (χ1) is 13.9. The number of carbonyl (C=O) groups is 3. The third kappa shape index (κ3) is 5.74. The Morgan fingerprint density at radius 1 is 1.07 bits per heavy atom. The Labute approximate surface area is 166 Å². The number of halogens is 2. The van der Waals surface area contributed by atoms with E-state index in [2.05, 4.69) is 16.0 Å². The monoisotopic (exact) mass is 405 g/mol. The summed E-state index contributed by atoms with van der Waals surface area (Å²) in [6.45, 7) is 1.71. The van der Waals surface area contributed by atoms with Crippen LogP contribution < -0.4 is 20.7 Å². The average Bonchev–Trinajstić information content (AvgIpc) is 2.72. The van der Waals surface area contributed by atoms with Gasteiger partial charge in [0.2, 0.25) is 11.8 Å². The second-order valence-electron chi connectivity index (χ2n) is 5.90. The van der Waals surface area contributed by atoms with Gasteiger partial charge in [-0.25, -0.2) is 8.78 Å². The number of ether oxygens (including phenoxy) is 1. The topological polar surface area (TPSA) is 96.5 Å². The molecule has 1 unspecified atom stereocenters. The highest BCUT2D eigenvalue weighted by Crippen LogP contribution is 2.18. The second-order valence-corrected chi connectivity index (χ2v) is 5.90. The van der Waals surface area contributed by atoms with Crippen molar-refractivity contribution in [1.29, 1.82) is 0 Å². The summed E-state index contributed by atoms with van der Waals surface area (Å²) in [5, 5.41) is 7.17. The number of para-hydroxylation sites is 1. The number of carbonyl (C=O) groups excluding carboxylic acids is 3. The van der Waals surface area contributed by atoms with Crippen LogP contribution in [-0.2, 0) is 9.59 Å². The maximum Gasteiger partial charge on any atom is 0.255 e. The van der Waals surface area contributed by atoms with Crippen molar-refractivity contribution in [3.63, 3.8) is 0 Å². The SMILES string of the molecule is CCOc1ccccc1C(=O)NCC(=O)NC(C(=O)NC)c1ccc(F)c(F)c1. The van der Waals surface area contributed by atoms with Gasteiger partial charge >= 0.3 is 0 Å². The highest BCUT2D eigenvalue weighted by Gasteiger charge is 2.23. The van der Waals surface area contributed by atoms with E-state index in [1.807, 2.05) is 0 Å². The lowest BCUT2D eigenvalue weighted by Gasteiger charge is -2.18. The first-order valence-corrected chi connectivity index (χ1v) is 8.83. The summed E-state index contributed by atoms with van der Waals surface area (Å²) >= 11 is 0. The van der Waals surface area contributed by atoms with Gasteiger partial charge in [0.15, 0.2) is 11.6 Å². The summed E-state index contributed by atoms with van der Waals surface area (Å²) in [5.41, 5.74) is 0.315. The van der Waals surface area contributed by atoms with Gasteiger partial charge in [-0.2, -0.15) is 0 Å². The van der Waals surface area contributed by atoms with E-state index < -0.39 is 41.9 Å². The molecule has 0 radical (unpaired) electrons. The van der Waals surface area contributed by atoms with Gasteiger partial charge in [-0.3, -0.25) is 14.4 Å². The smallest absolute Gasteiger partial charge is 0.255 e. The Kier molecular flexibility index (Phi) is 7.64. The van der Waals surface area contributed by atoms with Crippen LogP contribution in [0.15, 0.2) is 42.5 Å². The molecule has 7 nitrogen and oxygen atoms in total. The van der Waals surface area contributed by atoms with E-state index in [0.29, 0.717) is 12.4 Å². The Balaban J connectivity index is 2.06. The molecular weight excluding hydrogens is 384 g/mol. The Morgan fingerprint density at radius 3 is 2.45 bits per heavy atom.